The number of hydrogen-bond donors (Lipinski definition) is 2. The fraction of sp³-hybridized carbons (Fsp3) is 0.412. The van der Waals surface area contributed by atoms with E-state index in [2.05, 4.69) is 4.99 Å². The van der Waals surface area contributed by atoms with Crippen molar-refractivity contribution < 1.29 is 46.7 Å². The van der Waals surface area contributed by atoms with Gasteiger partial charge in [0.2, 0.25) is 0 Å². The SMILES string of the molecule is O=C(N=CC1CN(c2cc(F)c(N3CCON(C(=O)NO)CC3)c(F)c2)C(=O)O1)C(F)F. The van der Waals surface area contributed by atoms with Crippen LogP contribution in [0, 0.1) is 11.6 Å². The van der Waals surface area contributed by atoms with Gasteiger partial charge in [-0.2, -0.15) is 13.8 Å². The minimum Gasteiger partial charge on any atom is -0.438 e. The molecule has 3 rings (SSSR count). The molecule has 0 radical (unpaired) electrons. The Morgan fingerprint density at radius 1 is 1.22 bits per heavy atom. The molecule has 1 unspecified atom stereocenters. The smallest absolute Gasteiger partial charge is 0.415 e. The van der Waals surface area contributed by atoms with E-state index in [0.717, 1.165) is 28.3 Å². The van der Waals surface area contributed by atoms with E-state index in [0.29, 0.717) is 0 Å². The highest BCUT2D eigenvalue weighted by molar-refractivity contribution is 5.95. The van der Waals surface area contributed by atoms with Crippen LogP contribution in [0.3, 0.4) is 0 Å². The number of rotatable bonds is 4. The third kappa shape index (κ3) is 5.05. The molecule has 2 heterocycles. The Morgan fingerprint density at radius 3 is 2.53 bits per heavy atom. The molecule has 2 aliphatic rings. The largest absolute Gasteiger partial charge is 0.438 e. The number of carbonyl (C=O) groups is 3. The van der Waals surface area contributed by atoms with E-state index < -0.39 is 47.9 Å². The minimum atomic E-state index is -3.32. The van der Waals surface area contributed by atoms with Gasteiger partial charge in [0.25, 0.3) is 0 Å². The van der Waals surface area contributed by atoms with Gasteiger partial charge in [0.15, 0.2) is 17.7 Å². The molecule has 1 aromatic rings. The number of anilines is 2. The molecule has 2 aliphatic heterocycles. The molecule has 0 spiro atoms. The van der Waals surface area contributed by atoms with Crippen molar-refractivity contribution in [3.63, 3.8) is 0 Å². The summed E-state index contributed by atoms with van der Waals surface area (Å²) >= 11 is 0. The summed E-state index contributed by atoms with van der Waals surface area (Å²) in [6, 6.07) is 0.824. The molecular formula is C17H17F4N5O6. The molecule has 1 atom stereocenters. The quantitative estimate of drug-likeness (QED) is 0.299. The topological polar surface area (TPSA) is 124 Å². The van der Waals surface area contributed by atoms with E-state index in [1.807, 2.05) is 0 Å². The predicted octanol–water partition coefficient (Wildman–Crippen LogP) is 1.30. The van der Waals surface area contributed by atoms with Crippen molar-refractivity contribution >= 4 is 35.6 Å². The summed E-state index contributed by atoms with van der Waals surface area (Å²) in [4.78, 5) is 44.5. The molecule has 1 aromatic carbocycles. The van der Waals surface area contributed by atoms with Crippen molar-refractivity contribution in [1.29, 1.82) is 0 Å². The third-order valence-electron chi connectivity index (χ3n) is 4.52. The summed E-state index contributed by atoms with van der Waals surface area (Å²) in [6.45, 7) is -0.525. The maximum absolute atomic E-state index is 14.8. The van der Waals surface area contributed by atoms with E-state index in [4.69, 9.17) is 14.8 Å². The molecule has 4 amide bonds. The number of nitrogens with one attached hydrogen (secondary N) is 1. The van der Waals surface area contributed by atoms with Gasteiger partial charge in [-0.25, -0.2) is 28.8 Å². The lowest BCUT2D eigenvalue weighted by Crippen LogP contribution is -2.40. The van der Waals surface area contributed by atoms with Crippen molar-refractivity contribution in [3.05, 3.63) is 23.8 Å². The van der Waals surface area contributed by atoms with E-state index >= 15 is 0 Å². The van der Waals surface area contributed by atoms with Crippen LogP contribution < -0.4 is 15.3 Å². The van der Waals surface area contributed by atoms with Crippen molar-refractivity contribution in [1.82, 2.24) is 10.5 Å². The number of hydrogen-bond acceptors (Lipinski definition) is 7. The van der Waals surface area contributed by atoms with Gasteiger partial charge in [0, 0.05) is 25.2 Å². The van der Waals surface area contributed by atoms with Crippen LogP contribution in [0.4, 0.5) is 38.5 Å². The molecule has 2 fully saturated rings. The van der Waals surface area contributed by atoms with Crippen molar-refractivity contribution in [2.24, 2.45) is 4.99 Å². The maximum atomic E-state index is 14.8. The summed E-state index contributed by atoms with van der Waals surface area (Å²) in [7, 11) is 0. The number of amides is 4. The van der Waals surface area contributed by atoms with Gasteiger partial charge < -0.3 is 9.64 Å². The fourth-order valence-electron chi connectivity index (χ4n) is 3.08. The molecule has 32 heavy (non-hydrogen) atoms. The van der Waals surface area contributed by atoms with Crippen LogP contribution in [0.1, 0.15) is 0 Å². The Morgan fingerprint density at radius 2 is 1.91 bits per heavy atom. The summed E-state index contributed by atoms with van der Waals surface area (Å²) < 4.78 is 58.8. The van der Waals surface area contributed by atoms with Gasteiger partial charge in [0.1, 0.15) is 5.69 Å². The van der Waals surface area contributed by atoms with Crippen LogP contribution in [0.15, 0.2) is 17.1 Å². The number of ether oxygens (including phenoxy) is 1. The standard InChI is InChI=1S/C17H17F4N5O6/c18-11-5-9(25-8-10(32-17(25)29)7-22-15(27)14(20)21)6-12(19)13(11)24-1-2-26(16(28)23-30)31-4-3-24/h5-7,10,14,30H,1-4,8H2,(H,23,28). The maximum Gasteiger partial charge on any atom is 0.415 e. The zero-order valence-corrected chi connectivity index (χ0v) is 16.2. The van der Waals surface area contributed by atoms with Crippen LogP contribution in [0.5, 0.6) is 0 Å². The summed E-state index contributed by atoms with van der Waals surface area (Å²) in [5.41, 5.74) is 0.771. The lowest BCUT2D eigenvalue weighted by molar-refractivity contribution is -0.128. The highest BCUT2D eigenvalue weighted by Crippen LogP contribution is 2.31. The summed E-state index contributed by atoms with van der Waals surface area (Å²) in [6.07, 6.45) is -4.77. The highest BCUT2D eigenvalue weighted by Gasteiger charge is 2.33. The number of cyclic esters (lactones) is 1. The van der Waals surface area contributed by atoms with Gasteiger partial charge in [-0.1, -0.05) is 0 Å². The van der Waals surface area contributed by atoms with E-state index in [9.17, 15) is 31.9 Å². The number of urea groups is 1. The van der Waals surface area contributed by atoms with Crippen molar-refractivity contribution in [2.45, 2.75) is 12.5 Å². The molecular weight excluding hydrogens is 446 g/mol. The average molecular weight is 463 g/mol. The molecule has 11 nitrogen and oxygen atoms in total. The van der Waals surface area contributed by atoms with Crippen molar-refractivity contribution in [3.8, 4) is 0 Å². The van der Waals surface area contributed by atoms with Gasteiger partial charge in [-0.05, 0) is 0 Å². The summed E-state index contributed by atoms with van der Waals surface area (Å²) in [5, 5.41) is 9.45. The second kappa shape index (κ2) is 9.78. The van der Waals surface area contributed by atoms with Crippen LogP contribution in [-0.2, 0) is 14.4 Å². The highest BCUT2D eigenvalue weighted by atomic mass is 19.3. The number of alkyl halides is 2. The average Bonchev–Trinajstić information content (AvgIpc) is 2.95. The van der Waals surface area contributed by atoms with Crippen LogP contribution in [-0.4, -0.2) is 79.8 Å². The van der Waals surface area contributed by atoms with Crippen LogP contribution in [0.25, 0.3) is 0 Å². The van der Waals surface area contributed by atoms with Crippen LogP contribution >= 0.6 is 0 Å². The number of halogens is 4. The number of hydroxylamine groups is 3. The Bertz CT molecular complexity index is 910. The first-order valence-electron chi connectivity index (χ1n) is 9.14. The van der Waals surface area contributed by atoms with Gasteiger partial charge in [0.05, 0.1) is 31.6 Å². The van der Waals surface area contributed by atoms with E-state index in [1.54, 1.807) is 0 Å². The molecule has 0 bridgehead atoms. The third-order valence-corrected chi connectivity index (χ3v) is 4.52. The first-order chi connectivity index (χ1) is 15.2. The molecule has 2 N–H and O–H groups in total. The summed E-state index contributed by atoms with van der Waals surface area (Å²) in [5.74, 6) is -3.74. The Labute approximate surface area is 177 Å². The monoisotopic (exact) mass is 463 g/mol. The Hall–Kier alpha value is -3.46. The number of nitrogens with zero attached hydrogens (tertiary/aromatic N) is 4. The number of carbonyl (C=O) groups excluding carboxylic acids is 3. The second-order valence-electron chi connectivity index (χ2n) is 6.55. The number of benzene rings is 1. The molecule has 15 heteroatoms. The molecule has 0 saturated carbocycles. The molecule has 0 aromatic heterocycles. The molecule has 174 valence electrons. The predicted molar refractivity (Wildman–Crippen MR) is 98.7 cm³/mol. The number of aliphatic imine (C=N–C) groups is 1. The van der Waals surface area contributed by atoms with Crippen molar-refractivity contribution in [2.75, 3.05) is 42.6 Å². The first kappa shape index (κ1) is 23.2. The first-order valence-corrected chi connectivity index (χ1v) is 9.14. The molecule has 0 aliphatic carbocycles. The van der Waals surface area contributed by atoms with Crippen LogP contribution in [0.2, 0.25) is 0 Å². The lowest BCUT2D eigenvalue weighted by Gasteiger charge is -2.24. The molecule has 2 saturated heterocycles. The lowest BCUT2D eigenvalue weighted by atomic mass is 10.2. The zero-order chi connectivity index (χ0) is 23.4. The van der Waals surface area contributed by atoms with Gasteiger partial charge in [-0.15, -0.1) is 0 Å². The van der Waals surface area contributed by atoms with E-state index in [1.165, 1.54) is 10.4 Å². The second-order valence-corrected chi connectivity index (χ2v) is 6.55. The van der Waals surface area contributed by atoms with E-state index in [-0.39, 0.29) is 38.5 Å². The normalized spacial score (nSPS) is 19.5. The fourth-order valence-corrected chi connectivity index (χ4v) is 3.08. The van der Waals surface area contributed by atoms with Gasteiger partial charge in [-0.3, -0.25) is 19.7 Å². The minimum absolute atomic E-state index is 0.0187. The van der Waals surface area contributed by atoms with Gasteiger partial charge >= 0.3 is 24.5 Å². The zero-order valence-electron chi connectivity index (χ0n) is 16.2. The Balaban J connectivity index is 1.74. The Kier molecular flexibility index (Phi) is 7.09.